The lowest BCUT2D eigenvalue weighted by Crippen LogP contribution is -2.29. The van der Waals surface area contributed by atoms with Gasteiger partial charge in [0.1, 0.15) is 23.0 Å². The number of rotatable bonds is 6. The summed E-state index contributed by atoms with van der Waals surface area (Å²) in [4.78, 5) is 28.3. The number of Topliss-reactive ketones (excluding diaryl/α,β-unsaturated/α-hetero) is 1. The maximum Gasteiger partial charge on any atom is 0.300 e. The van der Waals surface area contributed by atoms with E-state index in [0.29, 0.717) is 39.1 Å². The number of hydrogen-bond donors (Lipinski definition) is 1. The van der Waals surface area contributed by atoms with E-state index < -0.39 is 17.7 Å². The molecule has 0 radical (unpaired) electrons. The largest absolute Gasteiger partial charge is 0.507 e. The number of para-hydroxylation sites is 1. The third-order valence-electron chi connectivity index (χ3n) is 6.30. The van der Waals surface area contributed by atoms with Gasteiger partial charge in [-0.2, -0.15) is 0 Å². The molecule has 1 aliphatic heterocycles. The topological polar surface area (TPSA) is 76.1 Å². The first-order valence-electron chi connectivity index (χ1n) is 11.9. The normalized spacial score (nSPS) is 16.5. The average molecular weight is 526 g/mol. The van der Waals surface area contributed by atoms with E-state index in [0.717, 1.165) is 5.56 Å². The number of ether oxygens (including phenoxy) is 2. The van der Waals surface area contributed by atoms with E-state index in [1.807, 2.05) is 55.5 Å². The zero-order chi connectivity index (χ0) is 26.8. The zero-order valence-corrected chi connectivity index (χ0v) is 21.5. The van der Waals surface area contributed by atoms with Gasteiger partial charge in [0.05, 0.1) is 23.7 Å². The molecule has 0 aromatic heterocycles. The Morgan fingerprint density at radius 2 is 1.61 bits per heavy atom. The Morgan fingerprint density at radius 1 is 0.868 bits per heavy atom. The highest BCUT2D eigenvalue weighted by atomic mass is 35.5. The van der Waals surface area contributed by atoms with Crippen molar-refractivity contribution in [3.63, 3.8) is 0 Å². The lowest BCUT2D eigenvalue weighted by atomic mass is 9.94. The number of ketones is 1. The molecule has 1 N–H and O–H groups in total. The first-order chi connectivity index (χ1) is 18.4. The molecule has 0 saturated carbocycles. The number of anilines is 1. The van der Waals surface area contributed by atoms with Crippen LogP contribution in [0.5, 0.6) is 17.2 Å². The van der Waals surface area contributed by atoms with Crippen LogP contribution in [0.25, 0.3) is 5.76 Å². The summed E-state index contributed by atoms with van der Waals surface area (Å²) in [5.74, 6) is -0.358. The molecule has 1 saturated heterocycles. The summed E-state index contributed by atoms with van der Waals surface area (Å²) in [6.45, 7) is 1.91. The van der Waals surface area contributed by atoms with Crippen molar-refractivity contribution in [1.29, 1.82) is 0 Å². The summed E-state index contributed by atoms with van der Waals surface area (Å²) in [5, 5.41) is 11.8. The van der Waals surface area contributed by atoms with Crippen LogP contribution < -0.4 is 14.4 Å². The molecule has 0 bridgehead atoms. The first-order valence-corrected chi connectivity index (χ1v) is 12.3. The van der Waals surface area contributed by atoms with Crippen molar-refractivity contribution in [2.24, 2.45) is 0 Å². The van der Waals surface area contributed by atoms with Crippen LogP contribution in [0.2, 0.25) is 5.02 Å². The van der Waals surface area contributed by atoms with Crippen LogP contribution in [0.3, 0.4) is 0 Å². The van der Waals surface area contributed by atoms with E-state index in [2.05, 4.69) is 0 Å². The molecule has 0 aliphatic carbocycles. The monoisotopic (exact) mass is 525 g/mol. The average Bonchev–Trinajstić information content (AvgIpc) is 3.19. The number of halogens is 1. The van der Waals surface area contributed by atoms with Crippen molar-refractivity contribution in [2.75, 3.05) is 12.0 Å². The van der Waals surface area contributed by atoms with Gasteiger partial charge in [-0.05, 0) is 72.6 Å². The summed E-state index contributed by atoms with van der Waals surface area (Å²) < 4.78 is 11.3. The Morgan fingerprint density at radius 3 is 2.34 bits per heavy atom. The molecule has 4 aromatic rings. The van der Waals surface area contributed by atoms with Gasteiger partial charge >= 0.3 is 0 Å². The molecule has 1 atom stereocenters. The number of methoxy groups -OCH3 is 1. The molecule has 1 heterocycles. The number of carbonyl (C=O) groups excluding carboxylic acids is 2. The molecule has 0 spiro atoms. The number of aliphatic hydroxyl groups excluding tert-OH is 1. The summed E-state index contributed by atoms with van der Waals surface area (Å²) in [5.41, 5.74) is 2.32. The summed E-state index contributed by atoms with van der Waals surface area (Å²) in [6, 6.07) is 27.5. The van der Waals surface area contributed by atoms with Gasteiger partial charge in [-0.25, -0.2) is 0 Å². The minimum absolute atomic E-state index is 0.0438. The van der Waals surface area contributed by atoms with E-state index in [4.69, 9.17) is 21.1 Å². The summed E-state index contributed by atoms with van der Waals surface area (Å²) in [6.07, 6.45) is 0. The number of amides is 1. The van der Waals surface area contributed by atoms with E-state index in [9.17, 15) is 14.7 Å². The van der Waals surface area contributed by atoms with Crippen molar-refractivity contribution in [1.82, 2.24) is 0 Å². The molecule has 6 nitrogen and oxygen atoms in total. The fraction of sp³-hybridized carbons (Fsp3) is 0.0968. The predicted molar refractivity (Wildman–Crippen MR) is 147 cm³/mol. The molecular weight excluding hydrogens is 502 g/mol. The molecule has 190 valence electrons. The Bertz CT molecular complexity index is 1560. The Kier molecular flexibility index (Phi) is 6.90. The number of carbonyl (C=O) groups is 2. The smallest absolute Gasteiger partial charge is 0.300 e. The number of aryl methyl sites for hydroxylation is 1. The second kappa shape index (κ2) is 10.4. The summed E-state index contributed by atoms with van der Waals surface area (Å²) in [7, 11) is 1.46. The highest BCUT2D eigenvalue weighted by molar-refractivity contribution is 6.51. The highest BCUT2D eigenvalue weighted by Gasteiger charge is 2.47. The molecule has 38 heavy (non-hydrogen) atoms. The number of benzene rings is 4. The van der Waals surface area contributed by atoms with Crippen LogP contribution in [0.4, 0.5) is 5.69 Å². The molecule has 1 unspecified atom stereocenters. The van der Waals surface area contributed by atoms with Gasteiger partial charge < -0.3 is 14.6 Å². The highest BCUT2D eigenvalue weighted by Crippen LogP contribution is 2.43. The van der Waals surface area contributed by atoms with Crippen molar-refractivity contribution < 1.29 is 24.2 Å². The van der Waals surface area contributed by atoms with Gasteiger partial charge in [0.15, 0.2) is 0 Å². The Labute approximate surface area is 225 Å². The van der Waals surface area contributed by atoms with E-state index in [-0.39, 0.29) is 11.3 Å². The minimum Gasteiger partial charge on any atom is -0.507 e. The third-order valence-corrected chi connectivity index (χ3v) is 6.61. The van der Waals surface area contributed by atoms with Crippen LogP contribution in [-0.4, -0.2) is 23.9 Å². The molecule has 1 amide bonds. The molecule has 7 heteroatoms. The second-order valence-corrected chi connectivity index (χ2v) is 9.25. The van der Waals surface area contributed by atoms with Gasteiger partial charge in [0, 0.05) is 11.3 Å². The van der Waals surface area contributed by atoms with E-state index >= 15 is 0 Å². The maximum atomic E-state index is 13.5. The fourth-order valence-electron chi connectivity index (χ4n) is 4.53. The molecular formula is C31H24ClNO5. The lowest BCUT2D eigenvalue weighted by Gasteiger charge is -2.26. The van der Waals surface area contributed by atoms with Crippen LogP contribution in [0, 0.1) is 6.92 Å². The van der Waals surface area contributed by atoms with Gasteiger partial charge in [-0.15, -0.1) is 0 Å². The van der Waals surface area contributed by atoms with Gasteiger partial charge in [0.25, 0.3) is 11.7 Å². The van der Waals surface area contributed by atoms with Crippen LogP contribution in [0.15, 0.2) is 103 Å². The predicted octanol–water partition coefficient (Wildman–Crippen LogP) is 7.08. The number of nitrogens with zero attached hydrogens (tertiary/aromatic N) is 1. The van der Waals surface area contributed by atoms with Gasteiger partial charge in [0.2, 0.25) is 0 Å². The van der Waals surface area contributed by atoms with Crippen molar-refractivity contribution in [3.8, 4) is 17.2 Å². The summed E-state index contributed by atoms with van der Waals surface area (Å²) >= 11 is 6.17. The van der Waals surface area contributed by atoms with Crippen LogP contribution in [-0.2, 0) is 9.59 Å². The number of hydrogen-bond acceptors (Lipinski definition) is 5. The molecule has 1 fully saturated rings. The van der Waals surface area contributed by atoms with Crippen molar-refractivity contribution in [3.05, 3.63) is 124 Å². The molecule has 4 aromatic carbocycles. The Balaban J connectivity index is 1.68. The molecule has 5 rings (SSSR count). The van der Waals surface area contributed by atoms with Crippen molar-refractivity contribution in [2.45, 2.75) is 13.0 Å². The van der Waals surface area contributed by atoms with Crippen LogP contribution in [0.1, 0.15) is 22.7 Å². The maximum absolute atomic E-state index is 13.5. The minimum atomic E-state index is -0.905. The third kappa shape index (κ3) is 4.74. The Hall–Kier alpha value is -4.55. The quantitative estimate of drug-likeness (QED) is 0.165. The lowest BCUT2D eigenvalue weighted by molar-refractivity contribution is -0.132. The van der Waals surface area contributed by atoms with Crippen LogP contribution >= 0.6 is 11.6 Å². The van der Waals surface area contributed by atoms with E-state index in [1.54, 1.807) is 42.5 Å². The molecule has 1 aliphatic rings. The van der Waals surface area contributed by atoms with Gasteiger partial charge in [-0.3, -0.25) is 14.5 Å². The first kappa shape index (κ1) is 25.1. The SMILES string of the molecule is COc1cc(/C(O)=C2/C(=O)C(=O)N(c3cccc(C)c3)C2c2cccc(Oc3ccccc3)c2)ccc1Cl. The van der Waals surface area contributed by atoms with Gasteiger partial charge in [-0.1, -0.05) is 54.1 Å². The number of aliphatic hydroxyl groups is 1. The fourth-order valence-corrected chi connectivity index (χ4v) is 4.72. The standard InChI is InChI=1S/C31H24ClNO5/c1-19-8-6-10-22(16-19)33-28(20-9-7-13-24(17-20)38-23-11-4-3-5-12-23)27(30(35)31(33)36)29(34)21-14-15-25(32)26(18-21)37-2/h3-18,28,34H,1-2H3/b29-27-. The zero-order valence-electron chi connectivity index (χ0n) is 20.7. The van der Waals surface area contributed by atoms with E-state index in [1.165, 1.54) is 18.1 Å². The van der Waals surface area contributed by atoms with Crippen molar-refractivity contribution >= 4 is 34.7 Å². The second-order valence-electron chi connectivity index (χ2n) is 8.85.